The fraction of sp³-hybridized carbons (Fsp3) is 0.389. The SMILES string of the molecule is CC(Sc1nccc(C(F)(F)F)n1)C(=O)Nc1ccc(N2CCOCC2)cc1. The third-order valence-electron chi connectivity index (χ3n) is 4.09. The van der Waals surface area contributed by atoms with Crippen LogP contribution in [0.2, 0.25) is 0 Å². The highest BCUT2D eigenvalue weighted by molar-refractivity contribution is 8.00. The number of anilines is 2. The van der Waals surface area contributed by atoms with Crippen molar-refractivity contribution in [3.63, 3.8) is 0 Å². The van der Waals surface area contributed by atoms with Gasteiger partial charge in [-0.05, 0) is 37.3 Å². The van der Waals surface area contributed by atoms with Gasteiger partial charge in [0.25, 0.3) is 0 Å². The second-order valence-electron chi connectivity index (χ2n) is 6.12. The van der Waals surface area contributed by atoms with Crippen LogP contribution in [0.1, 0.15) is 12.6 Å². The second-order valence-corrected chi connectivity index (χ2v) is 7.43. The highest BCUT2D eigenvalue weighted by atomic mass is 32.2. The van der Waals surface area contributed by atoms with Gasteiger partial charge in [-0.1, -0.05) is 11.8 Å². The number of ether oxygens (including phenoxy) is 1. The molecule has 3 rings (SSSR count). The minimum atomic E-state index is -4.55. The summed E-state index contributed by atoms with van der Waals surface area (Å²) in [5.74, 6) is -0.342. The number of benzene rings is 1. The minimum absolute atomic E-state index is 0.0971. The number of thioether (sulfide) groups is 1. The van der Waals surface area contributed by atoms with E-state index in [1.165, 1.54) is 0 Å². The van der Waals surface area contributed by atoms with Gasteiger partial charge in [-0.15, -0.1) is 0 Å². The second kappa shape index (κ2) is 8.78. The molecule has 2 heterocycles. The number of carbonyl (C=O) groups excluding carboxylic acids is 1. The number of nitrogens with zero attached hydrogens (tertiary/aromatic N) is 3. The lowest BCUT2D eigenvalue weighted by Crippen LogP contribution is -2.36. The lowest BCUT2D eigenvalue weighted by atomic mass is 10.2. The monoisotopic (exact) mass is 412 g/mol. The first-order chi connectivity index (χ1) is 13.3. The molecule has 1 atom stereocenters. The van der Waals surface area contributed by atoms with Crippen LogP contribution >= 0.6 is 11.8 Å². The third kappa shape index (κ3) is 5.35. The number of nitrogens with one attached hydrogen (secondary N) is 1. The summed E-state index contributed by atoms with van der Waals surface area (Å²) in [4.78, 5) is 21.8. The van der Waals surface area contributed by atoms with E-state index in [9.17, 15) is 18.0 Å². The summed E-state index contributed by atoms with van der Waals surface area (Å²) in [7, 11) is 0. The third-order valence-corrected chi connectivity index (χ3v) is 5.06. The minimum Gasteiger partial charge on any atom is -0.378 e. The largest absolute Gasteiger partial charge is 0.433 e. The van der Waals surface area contributed by atoms with Gasteiger partial charge in [0.2, 0.25) is 5.91 Å². The normalized spacial score (nSPS) is 15.9. The summed E-state index contributed by atoms with van der Waals surface area (Å²) in [6.45, 7) is 4.59. The summed E-state index contributed by atoms with van der Waals surface area (Å²) in [5, 5.41) is 1.99. The number of aromatic nitrogens is 2. The van der Waals surface area contributed by atoms with Crippen LogP contribution in [0, 0.1) is 0 Å². The van der Waals surface area contributed by atoms with E-state index in [0.29, 0.717) is 18.9 Å². The van der Waals surface area contributed by atoms with E-state index in [4.69, 9.17) is 4.74 Å². The Hall–Kier alpha value is -2.33. The Balaban J connectivity index is 1.58. The zero-order chi connectivity index (χ0) is 20.1. The van der Waals surface area contributed by atoms with Gasteiger partial charge >= 0.3 is 6.18 Å². The van der Waals surface area contributed by atoms with Crippen LogP contribution in [-0.4, -0.2) is 47.4 Å². The molecule has 0 bridgehead atoms. The molecule has 1 aliphatic rings. The van der Waals surface area contributed by atoms with Crippen molar-refractivity contribution in [2.75, 3.05) is 36.5 Å². The van der Waals surface area contributed by atoms with Crippen LogP contribution in [0.15, 0.2) is 41.7 Å². The number of alkyl halides is 3. The van der Waals surface area contributed by atoms with Crippen molar-refractivity contribution >= 4 is 29.0 Å². The summed E-state index contributed by atoms with van der Waals surface area (Å²) < 4.78 is 43.5. The Bertz CT molecular complexity index is 811. The molecule has 28 heavy (non-hydrogen) atoms. The summed E-state index contributed by atoms with van der Waals surface area (Å²) in [6, 6.07) is 8.20. The molecule has 1 amide bonds. The number of morpholine rings is 1. The van der Waals surface area contributed by atoms with E-state index in [1.807, 2.05) is 12.1 Å². The van der Waals surface area contributed by atoms with Crippen molar-refractivity contribution in [2.45, 2.75) is 23.5 Å². The molecule has 0 spiro atoms. The highest BCUT2D eigenvalue weighted by Gasteiger charge is 2.33. The van der Waals surface area contributed by atoms with Gasteiger partial charge < -0.3 is 15.0 Å². The first-order valence-electron chi connectivity index (χ1n) is 8.63. The van der Waals surface area contributed by atoms with Gasteiger partial charge in [0.15, 0.2) is 5.16 Å². The molecule has 6 nitrogen and oxygen atoms in total. The summed E-state index contributed by atoms with van der Waals surface area (Å²) in [6.07, 6.45) is -3.51. The molecule has 2 aromatic rings. The molecule has 1 saturated heterocycles. The Morgan fingerprint density at radius 1 is 1.21 bits per heavy atom. The van der Waals surface area contributed by atoms with Crippen molar-refractivity contribution in [3.05, 3.63) is 42.2 Å². The van der Waals surface area contributed by atoms with Crippen LogP contribution in [0.5, 0.6) is 0 Å². The van der Waals surface area contributed by atoms with E-state index in [0.717, 1.165) is 42.8 Å². The predicted octanol–water partition coefficient (Wildman–Crippen LogP) is 3.45. The van der Waals surface area contributed by atoms with Crippen molar-refractivity contribution in [1.82, 2.24) is 9.97 Å². The molecule has 1 unspecified atom stereocenters. The van der Waals surface area contributed by atoms with Crippen LogP contribution in [0.4, 0.5) is 24.5 Å². The lowest BCUT2D eigenvalue weighted by Gasteiger charge is -2.28. The summed E-state index contributed by atoms with van der Waals surface area (Å²) >= 11 is 0.871. The van der Waals surface area contributed by atoms with Crippen molar-refractivity contribution in [2.24, 2.45) is 0 Å². The van der Waals surface area contributed by atoms with Gasteiger partial charge in [-0.25, -0.2) is 9.97 Å². The zero-order valence-electron chi connectivity index (χ0n) is 15.1. The number of carbonyl (C=O) groups is 1. The van der Waals surface area contributed by atoms with Crippen molar-refractivity contribution < 1.29 is 22.7 Å². The van der Waals surface area contributed by atoms with Crippen LogP contribution in [0.25, 0.3) is 0 Å². The first kappa shape index (κ1) is 20.4. The maximum atomic E-state index is 12.7. The molecule has 1 fully saturated rings. The van der Waals surface area contributed by atoms with Gasteiger partial charge in [0, 0.05) is 30.7 Å². The van der Waals surface area contributed by atoms with E-state index < -0.39 is 17.1 Å². The lowest BCUT2D eigenvalue weighted by molar-refractivity contribution is -0.141. The van der Waals surface area contributed by atoms with Gasteiger partial charge in [-0.3, -0.25) is 4.79 Å². The number of rotatable bonds is 5. The van der Waals surface area contributed by atoms with Crippen LogP contribution < -0.4 is 10.2 Å². The zero-order valence-corrected chi connectivity index (χ0v) is 15.9. The van der Waals surface area contributed by atoms with Gasteiger partial charge in [0.05, 0.1) is 18.5 Å². The molecule has 1 aliphatic heterocycles. The molecule has 0 radical (unpaired) electrons. The molecular weight excluding hydrogens is 393 g/mol. The highest BCUT2D eigenvalue weighted by Crippen LogP contribution is 2.29. The van der Waals surface area contributed by atoms with E-state index in [2.05, 4.69) is 20.2 Å². The molecule has 1 aromatic carbocycles. The molecule has 150 valence electrons. The Kier molecular flexibility index (Phi) is 6.40. The van der Waals surface area contributed by atoms with Gasteiger partial charge in [-0.2, -0.15) is 13.2 Å². The molecular formula is C18H19F3N4O2S. The van der Waals surface area contributed by atoms with Crippen LogP contribution in [0.3, 0.4) is 0 Å². The summed E-state index contributed by atoms with van der Waals surface area (Å²) in [5.41, 5.74) is 0.622. The van der Waals surface area contributed by atoms with Crippen molar-refractivity contribution in [3.8, 4) is 0 Å². The molecule has 10 heteroatoms. The molecule has 1 N–H and O–H groups in total. The smallest absolute Gasteiger partial charge is 0.378 e. The Morgan fingerprint density at radius 3 is 2.54 bits per heavy atom. The Labute approximate surface area is 164 Å². The van der Waals surface area contributed by atoms with Crippen molar-refractivity contribution in [1.29, 1.82) is 0 Å². The molecule has 1 aromatic heterocycles. The molecule has 0 aliphatic carbocycles. The average Bonchev–Trinajstić information content (AvgIpc) is 2.69. The molecule has 0 saturated carbocycles. The standard InChI is InChI=1S/C18H19F3N4O2S/c1-12(28-17-22-7-6-15(24-17)18(19,20)21)16(26)23-13-2-4-14(5-3-13)25-8-10-27-11-9-25/h2-7,12H,8-11H2,1H3,(H,23,26). The predicted molar refractivity (Wildman–Crippen MR) is 100 cm³/mol. The number of amides is 1. The van der Waals surface area contributed by atoms with Gasteiger partial charge in [0.1, 0.15) is 5.69 Å². The topological polar surface area (TPSA) is 67.4 Å². The van der Waals surface area contributed by atoms with E-state index in [1.54, 1.807) is 19.1 Å². The van der Waals surface area contributed by atoms with E-state index >= 15 is 0 Å². The quantitative estimate of drug-likeness (QED) is 0.599. The fourth-order valence-electron chi connectivity index (χ4n) is 2.59. The maximum Gasteiger partial charge on any atom is 0.433 e. The number of hydrogen-bond acceptors (Lipinski definition) is 6. The van der Waals surface area contributed by atoms with E-state index in [-0.39, 0.29) is 11.1 Å². The van der Waals surface area contributed by atoms with Crippen LogP contribution in [-0.2, 0) is 15.7 Å². The average molecular weight is 412 g/mol. The first-order valence-corrected chi connectivity index (χ1v) is 9.51. The number of halogens is 3. The number of hydrogen-bond donors (Lipinski definition) is 1. The maximum absolute atomic E-state index is 12.7. The Morgan fingerprint density at radius 2 is 1.89 bits per heavy atom. The fourth-order valence-corrected chi connectivity index (χ4v) is 3.34.